The van der Waals surface area contributed by atoms with Crippen LogP contribution in [0.3, 0.4) is 0 Å². The lowest BCUT2D eigenvalue weighted by Gasteiger charge is -2.21. The van der Waals surface area contributed by atoms with Crippen LogP contribution in [0.25, 0.3) is 0 Å². The molecule has 0 bridgehead atoms. The van der Waals surface area contributed by atoms with Crippen molar-refractivity contribution < 1.29 is 9.59 Å². The fourth-order valence-electron chi connectivity index (χ4n) is 2.05. The predicted molar refractivity (Wildman–Crippen MR) is 89.7 cm³/mol. The van der Waals surface area contributed by atoms with E-state index in [1.807, 2.05) is 38.1 Å². The van der Waals surface area contributed by atoms with Crippen LogP contribution >= 0.6 is 0 Å². The number of benzene rings is 1. The molecule has 5 nitrogen and oxygen atoms in total. The number of hydrogen-bond acceptors (Lipinski definition) is 3. The Balaban J connectivity index is 2.47. The van der Waals surface area contributed by atoms with Gasteiger partial charge < -0.3 is 15.5 Å². The topological polar surface area (TPSA) is 61.4 Å². The van der Waals surface area contributed by atoms with E-state index >= 15 is 0 Å². The summed E-state index contributed by atoms with van der Waals surface area (Å²) in [6.07, 6.45) is 0. The zero-order chi connectivity index (χ0) is 16.5. The number of nitrogens with zero attached hydrogens (tertiary/aromatic N) is 1. The first-order valence-corrected chi connectivity index (χ1v) is 7.87. The van der Waals surface area contributed by atoms with E-state index in [0.29, 0.717) is 19.0 Å². The Hall–Kier alpha value is -2.04. The number of carbonyl (C=O) groups excluding carboxylic acids is 2. The standard InChI is InChI=1S/C17H27N3O2/c1-5-20(6-2)15-9-7-14(8-10-15)12-19-17(22)16(21)18-11-13(3)4/h7-10,13H,5-6,11-12H2,1-4H3,(H,18,21)(H,19,22). The molecule has 122 valence electrons. The number of amides is 2. The van der Waals surface area contributed by atoms with Crippen LogP contribution in [0.1, 0.15) is 33.3 Å². The molecule has 0 radical (unpaired) electrons. The van der Waals surface area contributed by atoms with Gasteiger partial charge in [0.15, 0.2) is 0 Å². The molecule has 1 aromatic rings. The monoisotopic (exact) mass is 305 g/mol. The largest absolute Gasteiger partial charge is 0.372 e. The van der Waals surface area contributed by atoms with E-state index in [2.05, 4.69) is 29.4 Å². The quantitative estimate of drug-likeness (QED) is 0.757. The number of nitrogens with one attached hydrogen (secondary N) is 2. The van der Waals surface area contributed by atoms with Crippen LogP contribution in [0.5, 0.6) is 0 Å². The summed E-state index contributed by atoms with van der Waals surface area (Å²) in [7, 11) is 0. The van der Waals surface area contributed by atoms with Crippen LogP contribution in [0.15, 0.2) is 24.3 Å². The Kier molecular flexibility index (Phi) is 7.43. The van der Waals surface area contributed by atoms with Gasteiger partial charge in [-0.1, -0.05) is 26.0 Å². The average Bonchev–Trinajstić information content (AvgIpc) is 2.52. The lowest BCUT2D eigenvalue weighted by molar-refractivity contribution is -0.139. The van der Waals surface area contributed by atoms with Crippen LogP contribution in [-0.2, 0) is 16.1 Å². The summed E-state index contributed by atoms with van der Waals surface area (Å²) >= 11 is 0. The predicted octanol–water partition coefficient (Wildman–Crippen LogP) is 1.92. The number of rotatable bonds is 7. The molecule has 0 fully saturated rings. The normalized spacial score (nSPS) is 10.4. The zero-order valence-electron chi connectivity index (χ0n) is 14.0. The van der Waals surface area contributed by atoms with Gasteiger partial charge in [0.1, 0.15) is 0 Å². The molecule has 22 heavy (non-hydrogen) atoms. The Morgan fingerprint density at radius 1 is 1.00 bits per heavy atom. The average molecular weight is 305 g/mol. The van der Waals surface area contributed by atoms with E-state index in [4.69, 9.17) is 0 Å². The maximum absolute atomic E-state index is 11.7. The first kappa shape index (κ1) is 18.0. The molecule has 0 heterocycles. The number of hydrogen-bond donors (Lipinski definition) is 2. The van der Waals surface area contributed by atoms with Gasteiger partial charge in [-0.15, -0.1) is 0 Å². The molecule has 0 aliphatic rings. The molecule has 0 saturated carbocycles. The first-order valence-electron chi connectivity index (χ1n) is 7.87. The van der Waals surface area contributed by atoms with Crippen molar-refractivity contribution in [1.29, 1.82) is 0 Å². The molecule has 0 saturated heterocycles. The van der Waals surface area contributed by atoms with Crippen molar-refractivity contribution in [2.24, 2.45) is 5.92 Å². The fourth-order valence-corrected chi connectivity index (χ4v) is 2.05. The van der Waals surface area contributed by atoms with Gasteiger partial charge in [-0.2, -0.15) is 0 Å². The molecule has 0 aliphatic carbocycles. The van der Waals surface area contributed by atoms with E-state index in [1.165, 1.54) is 0 Å². The Bertz CT molecular complexity index is 479. The van der Waals surface area contributed by atoms with Crippen molar-refractivity contribution in [3.05, 3.63) is 29.8 Å². The van der Waals surface area contributed by atoms with Gasteiger partial charge in [-0.05, 0) is 37.5 Å². The third kappa shape index (κ3) is 5.76. The second-order valence-corrected chi connectivity index (χ2v) is 5.63. The second kappa shape index (κ2) is 9.07. The molecular formula is C17H27N3O2. The maximum atomic E-state index is 11.7. The second-order valence-electron chi connectivity index (χ2n) is 5.63. The Morgan fingerprint density at radius 2 is 1.55 bits per heavy atom. The van der Waals surface area contributed by atoms with Crippen LogP contribution in [0.4, 0.5) is 5.69 Å². The highest BCUT2D eigenvalue weighted by atomic mass is 16.2. The van der Waals surface area contributed by atoms with E-state index < -0.39 is 11.8 Å². The van der Waals surface area contributed by atoms with Crippen molar-refractivity contribution in [2.45, 2.75) is 34.2 Å². The summed E-state index contributed by atoms with van der Waals surface area (Å²) in [5, 5.41) is 5.23. The molecular weight excluding hydrogens is 278 g/mol. The van der Waals surface area contributed by atoms with Gasteiger partial charge in [0.2, 0.25) is 0 Å². The van der Waals surface area contributed by atoms with Crippen molar-refractivity contribution in [2.75, 3.05) is 24.5 Å². The van der Waals surface area contributed by atoms with Gasteiger partial charge in [-0.25, -0.2) is 0 Å². The van der Waals surface area contributed by atoms with Gasteiger partial charge in [-0.3, -0.25) is 9.59 Å². The summed E-state index contributed by atoms with van der Waals surface area (Å²) in [6, 6.07) is 8.01. The summed E-state index contributed by atoms with van der Waals surface area (Å²) < 4.78 is 0. The highest BCUT2D eigenvalue weighted by molar-refractivity contribution is 6.35. The van der Waals surface area contributed by atoms with Crippen molar-refractivity contribution in [3.8, 4) is 0 Å². The molecule has 5 heteroatoms. The van der Waals surface area contributed by atoms with E-state index in [1.54, 1.807) is 0 Å². The van der Waals surface area contributed by atoms with Gasteiger partial charge in [0, 0.05) is 31.9 Å². The lowest BCUT2D eigenvalue weighted by atomic mass is 10.2. The van der Waals surface area contributed by atoms with Crippen molar-refractivity contribution in [1.82, 2.24) is 10.6 Å². The third-order valence-electron chi connectivity index (χ3n) is 3.40. The number of anilines is 1. The van der Waals surface area contributed by atoms with Gasteiger partial charge in [0.05, 0.1) is 0 Å². The molecule has 2 N–H and O–H groups in total. The molecule has 0 unspecified atom stereocenters. The maximum Gasteiger partial charge on any atom is 0.309 e. The SMILES string of the molecule is CCN(CC)c1ccc(CNC(=O)C(=O)NCC(C)C)cc1. The molecule has 2 amide bonds. The molecule has 0 aliphatic heterocycles. The molecule has 0 aromatic heterocycles. The van der Waals surface area contributed by atoms with Crippen LogP contribution < -0.4 is 15.5 Å². The van der Waals surface area contributed by atoms with Crippen molar-refractivity contribution >= 4 is 17.5 Å². The summed E-state index contributed by atoms with van der Waals surface area (Å²) in [5.41, 5.74) is 2.13. The van der Waals surface area contributed by atoms with Gasteiger partial charge in [0.25, 0.3) is 0 Å². The fraction of sp³-hybridized carbons (Fsp3) is 0.529. The number of carbonyl (C=O) groups is 2. The van der Waals surface area contributed by atoms with Crippen LogP contribution in [-0.4, -0.2) is 31.4 Å². The summed E-state index contributed by atoms with van der Waals surface area (Å²) in [5.74, 6) is -0.841. The van der Waals surface area contributed by atoms with E-state index in [0.717, 1.165) is 24.3 Å². The van der Waals surface area contributed by atoms with E-state index in [-0.39, 0.29) is 0 Å². The molecule has 1 aromatic carbocycles. The van der Waals surface area contributed by atoms with Crippen LogP contribution in [0.2, 0.25) is 0 Å². The minimum atomic E-state index is -0.589. The minimum Gasteiger partial charge on any atom is -0.372 e. The Morgan fingerprint density at radius 3 is 2.05 bits per heavy atom. The Labute approximate surface area is 133 Å². The summed E-state index contributed by atoms with van der Waals surface area (Å²) in [4.78, 5) is 25.5. The van der Waals surface area contributed by atoms with Gasteiger partial charge >= 0.3 is 11.8 Å². The summed E-state index contributed by atoms with van der Waals surface area (Å²) in [6.45, 7) is 11.0. The highest BCUT2D eigenvalue weighted by Gasteiger charge is 2.12. The van der Waals surface area contributed by atoms with Crippen LogP contribution in [0, 0.1) is 5.92 Å². The molecule has 0 atom stereocenters. The smallest absolute Gasteiger partial charge is 0.309 e. The minimum absolute atomic E-state index is 0.323. The third-order valence-corrected chi connectivity index (χ3v) is 3.40. The van der Waals surface area contributed by atoms with Crippen molar-refractivity contribution in [3.63, 3.8) is 0 Å². The lowest BCUT2D eigenvalue weighted by Crippen LogP contribution is -2.40. The first-order chi connectivity index (χ1) is 10.5. The van der Waals surface area contributed by atoms with E-state index in [9.17, 15) is 9.59 Å². The molecule has 1 rings (SSSR count). The zero-order valence-corrected chi connectivity index (χ0v) is 14.0. The highest BCUT2D eigenvalue weighted by Crippen LogP contribution is 2.14. The molecule has 0 spiro atoms.